The number of benzene rings is 1. The Morgan fingerprint density at radius 2 is 2.37 bits per heavy atom. The number of nitrogens with one attached hydrogen (secondary N) is 2. The van der Waals surface area contributed by atoms with E-state index in [9.17, 15) is 0 Å². The van der Waals surface area contributed by atoms with Crippen LogP contribution < -0.4 is 10.6 Å². The van der Waals surface area contributed by atoms with Crippen molar-refractivity contribution in [1.29, 1.82) is 5.26 Å². The summed E-state index contributed by atoms with van der Waals surface area (Å²) >= 11 is 5.93. The number of hydrogen-bond acceptors (Lipinski definition) is 3. The zero-order valence-corrected chi connectivity index (χ0v) is 12.0. The fourth-order valence-corrected chi connectivity index (χ4v) is 2.76. The minimum Gasteiger partial charge on any atom is -0.382 e. The molecule has 0 aromatic heterocycles. The summed E-state index contributed by atoms with van der Waals surface area (Å²) in [6.45, 7) is 3.31. The Kier molecular flexibility index (Phi) is 5.07. The van der Waals surface area contributed by atoms with Crippen molar-refractivity contribution in [2.24, 2.45) is 0 Å². The zero-order valence-electron chi connectivity index (χ0n) is 11.2. The largest absolute Gasteiger partial charge is 0.382 e. The molecule has 19 heavy (non-hydrogen) atoms. The Labute approximate surface area is 120 Å². The Balaban J connectivity index is 1.91. The summed E-state index contributed by atoms with van der Waals surface area (Å²) in [5, 5.41) is 16.5. The Morgan fingerprint density at radius 3 is 3.05 bits per heavy atom. The van der Waals surface area contributed by atoms with Crippen molar-refractivity contribution in [1.82, 2.24) is 5.32 Å². The molecule has 102 valence electrons. The molecule has 0 bridgehead atoms. The molecule has 1 heterocycles. The van der Waals surface area contributed by atoms with Crippen LogP contribution in [0.1, 0.15) is 38.2 Å². The van der Waals surface area contributed by atoms with Gasteiger partial charge in [0.1, 0.15) is 6.07 Å². The van der Waals surface area contributed by atoms with Gasteiger partial charge in [-0.15, -0.1) is 0 Å². The van der Waals surface area contributed by atoms with Crippen LogP contribution in [0.5, 0.6) is 0 Å². The highest BCUT2D eigenvalue weighted by molar-refractivity contribution is 6.31. The smallest absolute Gasteiger partial charge is 0.101 e. The predicted octanol–water partition coefficient (Wildman–Crippen LogP) is 3.54. The van der Waals surface area contributed by atoms with Crippen molar-refractivity contribution in [2.75, 3.05) is 11.9 Å². The highest BCUT2D eigenvalue weighted by Gasteiger charge is 2.15. The summed E-state index contributed by atoms with van der Waals surface area (Å²) in [6, 6.07) is 8.60. The number of halogens is 1. The maximum atomic E-state index is 8.97. The third-order valence-corrected chi connectivity index (χ3v) is 3.88. The van der Waals surface area contributed by atoms with Gasteiger partial charge in [0.15, 0.2) is 0 Å². The number of piperidine rings is 1. The second-order valence-corrected chi connectivity index (χ2v) is 5.64. The molecule has 3 nitrogen and oxygen atoms in total. The van der Waals surface area contributed by atoms with Gasteiger partial charge in [0.25, 0.3) is 0 Å². The molecule has 2 atom stereocenters. The lowest BCUT2D eigenvalue weighted by atomic mass is 9.98. The number of nitriles is 1. The standard InChI is InChI=1S/C15H20ClN3/c1-11(8-13-4-2-3-7-18-13)19-14-5-6-15(16)12(9-14)10-17/h5-6,9,11,13,18-19H,2-4,7-8H2,1H3. The van der Waals surface area contributed by atoms with Crippen molar-refractivity contribution in [3.05, 3.63) is 28.8 Å². The van der Waals surface area contributed by atoms with Crippen LogP contribution in [0.25, 0.3) is 0 Å². The minimum atomic E-state index is 0.378. The van der Waals surface area contributed by atoms with Crippen molar-refractivity contribution in [3.63, 3.8) is 0 Å². The monoisotopic (exact) mass is 277 g/mol. The van der Waals surface area contributed by atoms with Crippen LogP contribution in [0, 0.1) is 11.3 Å². The summed E-state index contributed by atoms with van der Waals surface area (Å²) in [7, 11) is 0. The van der Waals surface area contributed by atoms with Gasteiger partial charge < -0.3 is 10.6 Å². The zero-order chi connectivity index (χ0) is 13.7. The normalized spacial score (nSPS) is 20.6. The van der Waals surface area contributed by atoms with E-state index in [1.165, 1.54) is 19.3 Å². The topological polar surface area (TPSA) is 47.8 Å². The van der Waals surface area contributed by atoms with E-state index < -0.39 is 0 Å². The van der Waals surface area contributed by atoms with Gasteiger partial charge in [-0.3, -0.25) is 0 Å². The Morgan fingerprint density at radius 1 is 1.53 bits per heavy atom. The van der Waals surface area contributed by atoms with E-state index in [1.807, 2.05) is 12.1 Å². The second-order valence-electron chi connectivity index (χ2n) is 5.23. The first-order valence-electron chi connectivity index (χ1n) is 6.88. The minimum absolute atomic E-state index is 0.378. The number of anilines is 1. The van der Waals surface area contributed by atoms with Gasteiger partial charge in [0, 0.05) is 17.8 Å². The van der Waals surface area contributed by atoms with Crippen LogP contribution in [-0.2, 0) is 0 Å². The number of rotatable bonds is 4. The summed E-state index contributed by atoms with van der Waals surface area (Å²) < 4.78 is 0. The Hall–Kier alpha value is -1.24. The van der Waals surface area contributed by atoms with Crippen LogP contribution in [-0.4, -0.2) is 18.6 Å². The molecule has 1 aliphatic rings. The van der Waals surface area contributed by atoms with E-state index in [2.05, 4.69) is 23.6 Å². The number of nitrogens with zero attached hydrogens (tertiary/aromatic N) is 1. The predicted molar refractivity (Wildman–Crippen MR) is 79.5 cm³/mol. The fraction of sp³-hybridized carbons (Fsp3) is 0.533. The van der Waals surface area contributed by atoms with Gasteiger partial charge in [-0.1, -0.05) is 18.0 Å². The van der Waals surface area contributed by atoms with Gasteiger partial charge in [-0.25, -0.2) is 0 Å². The molecule has 0 radical (unpaired) electrons. The van der Waals surface area contributed by atoms with Crippen LogP contribution >= 0.6 is 11.6 Å². The van der Waals surface area contributed by atoms with E-state index in [4.69, 9.17) is 16.9 Å². The molecule has 2 rings (SSSR count). The summed E-state index contributed by atoms with van der Waals surface area (Å²) in [5.41, 5.74) is 1.49. The average molecular weight is 278 g/mol. The van der Waals surface area contributed by atoms with Crippen LogP contribution in [0.4, 0.5) is 5.69 Å². The van der Waals surface area contributed by atoms with E-state index in [0.29, 0.717) is 22.7 Å². The van der Waals surface area contributed by atoms with Gasteiger partial charge in [0.05, 0.1) is 10.6 Å². The molecule has 1 aromatic carbocycles. The van der Waals surface area contributed by atoms with Crippen molar-refractivity contribution in [2.45, 2.75) is 44.7 Å². The highest BCUT2D eigenvalue weighted by Crippen LogP contribution is 2.21. The lowest BCUT2D eigenvalue weighted by Gasteiger charge is -2.27. The quantitative estimate of drug-likeness (QED) is 0.885. The SMILES string of the molecule is CC(CC1CCCCN1)Nc1ccc(Cl)c(C#N)c1. The first-order valence-corrected chi connectivity index (χ1v) is 7.26. The second kappa shape index (κ2) is 6.79. The molecule has 1 fully saturated rings. The summed E-state index contributed by atoms with van der Waals surface area (Å²) in [5.74, 6) is 0. The van der Waals surface area contributed by atoms with Gasteiger partial charge in [-0.05, 0) is 50.9 Å². The molecule has 1 aliphatic heterocycles. The molecular formula is C15H20ClN3. The molecule has 2 N–H and O–H groups in total. The van der Waals surface area contributed by atoms with Crippen LogP contribution in [0.2, 0.25) is 5.02 Å². The average Bonchev–Trinajstić information content (AvgIpc) is 2.42. The van der Waals surface area contributed by atoms with E-state index >= 15 is 0 Å². The summed E-state index contributed by atoms with van der Waals surface area (Å²) in [4.78, 5) is 0. The number of hydrogen-bond donors (Lipinski definition) is 2. The summed E-state index contributed by atoms with van der Waals surface area (Å²) in [6.07, 6.45) is 4.98. The van der Waals surface area contributed by atoms with Crippen LogP contribution in [0.3, 0.4) is 0 Å². The highest BCUT2D eigenvalue weighted by atomic mass is 35.5. The first-order chi connectivity index (χ1) is 9.19. The third kappa shape index (κ3) is 4.12. The van der Waals surface area contributed by atoms with E-state index in [1.54, 1.807) is 6.07 Å². The van der Waals surface area contributed by atoms with Crippen molar-refractivity contribution >= 4 is 17.3 Å². The molecule has 4 heteroatoms. The molecule has 1 saturated heterocycles. The molecular weight excluding hydrogens is 258 g/mol. The van der Waals surface area contributed by atoms with E-state index in [0.717, 1.165) is 18.7 Å². The van der Waals surface area contributed by atoms with Crippen molar-refractivity contribution < 1.29 is 0 Å². The molecule has 0 amide bonds. The lowest BCUT2D eigenvalue weighted by Crippen LogP contribution is -2.37. The fourth-order valence-electron chi connectivity index (χ4n) is 2.60. The van der Waals surface area contributed by atoms with Gasteiger partial charge >= 0.3 is 0 Å². The molecule has 0 aliphatic carbocycles. The maximum Gasteiger partial charge on any atom is 0.101 e. The molecule has 0 spiro atoms. The van der Waals surface area contributed by atoms with E-state index in [-0.39, 0.29) is 0 Å². The first kappa shape index (κ1) is 14.2. The van der Waals surface area contributed by atoms with Crippen molar-refractivity contribution in [3.8, 4) is 6.07 Å². The van der Waals surface area contributed by atoms with Crippen LogP contribution in [0.15, 0.2) is 18.2 Å². The molecule has 0 saturated carbocycles. The van der Waals surface area contributed by atoms with Gasteiger partial charge in [-0.2, -0.15) is 5.26 Å². The maximum absolute atomic E-state index is 8.97. The molecule has 1 aromatic rings. The van der Waals surface area contributed by atoms with Gasteiger partial charge in [0.2, 0.25) is 0 Å². The Bertz CT molecular complexity index is 461. The lowest BCUT2D eigenvalue weighted by molar-refractivity contribution is 0.371. The third-order valence-electron chi connectivity index (χ3n) is 3.55. The molecule has 2 unspecified atom stereocenters.